The minimum absolute atomic E-state index is 0.105. The molecule has 2 aromatic rings. The van der Waals surface area contributed by atoms with E-state index < -0.39 is 30.3 Å². The Kier molecular flexibility index (Phi) is 5.84. The standard InChI is InChI=1S/C18H17FN2O4/c1-11-3-8-15(12(2)9-11)20-18(24)21-16(22)10-25-17(23)13-4-6-14(19)7-5-13/h3-9H,10H2,1-2H3,(H2,20,21,22,24). The fourth-order valence-electron chi connectivity index (χ4n) is 2.07. The van der Waals surface area contributed by atoms with Gasteiger partial charge in [0.2, 0.25) is 0 Å². The highest BCUT2D eigenvalue weighted by atomic mass is 19.1. The van der Waals surface area contributed by atoms with Gasteiger partial charge in [-0.05, 0) is 49.7 Å². The number of urea groups is 1. The number of rotatable bonds is 4. The molecular weight excluding hydrogens is 327 g/mol. The summed E-state index contributed by atoms with van der Waals surface area (Å²) in [4.78, 5) is 35.1. The molecule has 2 rings (SSSR count). The van der Waals surface area contributed by atoms with Gasteiger partial charge in [0.15, 0.2) is 6.61 Å². The van der Waals surface area contributed by atoms with E-state index in [0.29, 0.717) is 5.69 Å². The first-order valence-electron chi connectivity index (χ1n) is 7.46. The van der Waals surface area contributed by atoms with Crippen molar-refractivity contribution in [2.75, 3.05) is 11.9 Å². The van der Waals surface area contributed by atoms with Crippen LogP contribution in [0.4, 0.5) is 14.9 Å². The van der Waals surface area contributed by atoms with E-state index in [1.165, 1.54) is 12.1 Å². The molecule has 0 spiro atoms. The van der Waals surface area contributed by atoms with Crippen LogP contribution in [-0.2, 0) is 9.53 Å². The Bertz CT molecular complexity index is 803. The van der Waals surface area contributed by atoms with Crippen LogP contribution in [0, 0.1) is 19.7 Å². The van der Waals surface area contributed by atoms with Crippen molar-refractivity contribution in [1.82, 2.24) is 5.32 Å². The van der Waals surface area contributed by atoms with Gasteiger partial charge in [-0.3, -0.25) is 10.1 Å². The number of carbonyl (C=O) groups is 3. The third-order valence-corrected chi connectivity index (χ3v) is 3.30. The highest BCUT2D eigenvalue weighted by molar-refractivity contribution is 6.02. The number of halogens is 1. The molecule has 0 aliphatic carbocycles. The molecule has 0 fully saturated rings. The molecule has 2 aromatic carbocycles. The van der Waals surface area contributed by atoms with Crippen molar-refractivity contribution in [3.63, 3.8) is 0 Å². The zero-order valence-corrected chi connectivity index (χ0v) is 13.8. The van der Waals surface area contributed by atoms with Crippen molar-refractivity contribution in [3.8, 4) is 0 Å². The summed E-state index contributed by atoms with van der Waals surface area (Å²) in [5, 5.41) is 4.60. The van der Waals surface area contributed by atoms with Crippen molar-refractivity contribution in [3.05, 3.63) is 65.0 Å². The quantitative estimate of drug-likeness (QED) is 0.835. The second-order valence-corrected chi connectivity index (χ2v) is 5.40. The Labute approximate surface area is 144 Å². The van der Waals surface area contributed by atoms with Crippen LogP contribution in [0.2, 0.25) is 0 Å². The smallest absolute Gasteiger partial charge is 0.338 e. The van der Waals surface area contributed by atoms with Crippen LogP contribution in [-0.4, -0.2) is 24.5 Å². The highest BCUT2D eigenvalue weighted by Gasteiger charge is 2.13. The molecule has 130 valence electrons. The first-order valence-corrected chi connectivity index (χ1v) is 7.46. The van der Waals surface area contributed by atoms with E-state index in [1.54, 1.807) is 6.07 Å². The van der Waals surface area contributed by atoms with Crippen LogP contribution in [0.1, 0.15) is 21.5 Å². The van der Waals surface area contributed by atoms with Gasteiger partial charge in [0.25, 0.3) is 5.91 Å². The van der Waals surface area contributed by atoms with Gasteiger partial charge in [0, 0.05) is 5.69 Å². The second-order valence-electron chi connectivity index (χ2n) is 5.40. The van der Waals surface area contributed by atoms with Gasteiger partial charge in [-0.2, -0.15) is 0 Å². The molecule has 0 saturated heterocycles. The number of aryl methyl sites for hydroxylation is 2. The van der Waals surface area contributed by atoms with Gasteiger partial charge in [-0.25, -0.2) is 14.0 Å². The summed E-state index contributed by atoms with van der Waals surface area (Å²) in [6.45, 7) is 3.13. The van der Waals surface area contributed by atoms with Gasteiger partial charge in [-0.1, -0.05) is 17.7 Å². The lowest BCUT2D eigenvalue weighted by atomic mass is 10.1. The summed E-state index contributed by atoms with van der Waals surface area (Å²) < 4.78 is 17.5. The summed E-state index contributed by atoms with van der Waals surface area (Å²) in [5.74, 6) is -2.06. The maximum atomic E-state index is 12.8. The van der Waals surface area contributed by atoms with Crippen molar-refractivity contribution in [2.24, 2.45) is 0 Å². The van der Waals surface area contributed by atoms with Crippen LogP contribution in [0.15, 0.2) is 42.5 Å². The third-order valence-electron chi connectivity index (χ3n) is 3.30. The molecule has 0 bridgehead atoms. The number of esters is 1. The zero-order valence-electron chi connectivity index (χ0n) is 13.8. The molecule has 0 heterocycles. The molecular formula is C18H17FN2O4. The molecule has 0 atom stereocenters. The molecule has 0 aromatic heterocycles. The predicted octanol–water partition coefficient (Wildman–Crippen LogP) is 2.95. The minimum Gasteiger partial charge on any atom is -0.452 e. The van der Waals surface area contributed by atoms with Crippen molar-refractivity contribution in [1.29, 1.82) is 0 Å². The summed E-state index contributed by atoms with van der Waals surface area (Å²) >= 11 is 0. The number of hydrogen-bond acceptors (Lipinski definition) is 4. The fourth-order valence-corrected chi connectivity index (χ4v) is 2.07. The van der Waals surface area contributed by atoms with E-state index in [0.717, 1.165) is 23.3 Å². The van der Waals surface area contributed by atoms with Crippen LogP contribution in [0.25, 0.3) is 0 Å². The molecule has 0 aliphatic rings. The summed E-state index contributed by atoms with van der Waals surface area (Å²) in [7, 11) is 0. The van der Waals surface area contributed by atoms with Gasteiger partial charge < -0.3 is 10.1 Å². The molecule has 7 heteroatoms. The Morgan fingerprint density at radius 1 is 1.04 bits per heavy atom. The lowest BCUT2D eigenvalue weighted by Gasteiger charge is -2.10. The van der Waals surface area contributed by atoms with Gasteiger partial charge >= 0.3 is 12.0 Å². The first-order chi connectivity index (χ1) is 11.8. The average molecular weight is 344 g/mol. The van der Waals surface area contributed by atoms with Crippen LogP contribution < -0.4 is 10.6 Å². The van der Waals surface area contributed by atoms with Crippen molar-refractivity contribution < 1.29 is 23.5 Å². The zero-order chi connectivity index (χ0) is 18.4. The number of ether oxygens (including phenoxy) is 1. The first kappa shape index (κ1) is 18.1. The molecule has 0 aliphatic heterocycles. The maximum Gasteiger partial charge on any atom is 0.338 e. The van der Waals surface area contributed by atoms with Gasteiger partial charge in [0.1, 0.15) is 5.82 Å². The molecule has 2 N–H and O–H groups in total. The Hall–Kier alpha value is -3.22. The summed E-state index contributed by atoms with van der Waals surface area (Å²) in [6.07, 6.45) is 0. The Morgan fingerprint density at radius 3 is 2.36 bits per heavy atom. The molecule has 6 nitrogen and oxygen atoms in total. The predicted molar refractivity (Wildman–Crippen MR) is 89.8 cm³/mol. The average Bonchev–Trinajstić information content (AvgIpc) is 2.56. The van der Waals surface area contributed by atoms with Crippen molar-refractivity contribution in [2.45, 2.75) is 13.8 Å². The van der Waals surface area contributed by atoms with Gasteiger partial charge in [0.05, 0.1) is 5.56 Å². The Morgan fingerprint density at radius 2 is 1.72 bits per heavy atom. The van der Waals surface area contributed by atoms with E-state index in [1.807, 2.05) is 26.0 Å². The fraction of sp³-hybridized carbons (Fsp3) is 0.167. The van der Waals surface area contributed by atoms with Crippen LogP contribution >= 0.6 is 0 Å². The SMILES string of the molecule is Cc1ccc(NC(=O)NC(=O)COC(=O)c2ccc(F)cc2)c(C)c1. The highest BCUT2D eigenvalue weighted by Crippen LogP contribution is 2.15. The maximum absolute atomic E-state index is 12.8. The molecule has 25 heavy (non-hydrogen) atoms. The largest absolute Gasteiger partial charge is 0.452 e. The monoisotopic (exact) mass is 344 g/mol. The lowest BCUT2D eigenvalue weighted by Crippen LogP contribution is -2.37. The number of hydrogen-bond donors (Lipinski definition) is 2. The van der Waals surface area contributed by atoms with Crippen LogP contribution in [0.3, 0.4) is 0 Å². The van der Waals surface area contributed by atoms with Gasteiger partial charge in [-0.15, -0.1) is 0 Å². The molecule has 0 saturated carbocycles. The molecule has 0 unspecified atom stereocenters. The molecule has 0 radical (unpaired) electrons. The number of anilines is 1. The van der Waals surface area contributed by atoms with E-state index in [9.17, 15) is 18.8 Å². The third kappa shape index (κ3) is 5.42. The lowest BCUT2D eigenvalue weighted by molar-refractivity contribution is -0.123. The summed E-state index contributed by atoms with van der Waals surface area (Å²) in [6, 6.07) is 9.40. The Balaban J connectivity index is 1.82. The van der Waals surface area contributed by atoms with Crippen molar-refractivity contribution >= 4 is 23.6 Å². The number of imide groups is 1. The normalized spacial score (nSPS) is 10.0. The summed E-state index contributed by atoms with van der Waals surface area (Å²) in [5.41, 5.74) is 2.57. The van der Waals surface area contributed by atoms with E-state index >= 15 is 0 Å². The number of nitrogens with one attached hydrogen (secondary N) is 2. The minimum atomic E-state index is -0.787. The van der Waals surface area contributed by atoms with Crippen LogP contribution in [0.5, 0.6) is 0 Å². The molecule has 3 amide bonds. The van der Waals surface area contributed by atoms with E-state index in [2.05, 4.69) is 10.6 Å². The number of amides is 3. The number of benzene rings is 2. The van der Waals surface area contributed by atoms with E-state index in [4.69, 9.17) is 4.74 Å². The number of carbonyl (C=O) groups excluding carboxylic acids is 3. The second kappa shape index (κ2) is 8.05. The van der Waals surface area contributed by atoms with E-state index in [-0.39, 0.29) is 5.56 Å². The topological polar surface area (TPSA) is 84.5 Å².